The minimum Gasteiger partial charge on any atom is -0.346 e. The van der Waals surface area contributed by atoms with E-state index in [0.29, 0.717) is 0 Å². The van der Waals surface area contributed by atoms with E-state index < -0.39 is 0 Å². The highest BCUT2D eigenvalue weighted by molar-refractivity contribution is 7.99. The summed E-state index contributed by atoms with van der Waals surface area (Å²) in [4.78, 5) is 7.29. The summed E-state index contributed by atoms with van der Waals surface area (Å²) in [7, 11) is 0. The molecule has 2 aliphatic rings. The van der Waals surface area contributed by atoms with Crippen LogP contribution in [0, 0.1) is 0 Å². The summed E-state index contributed by atoms with van der Waals surface area (Å²) in [5.74, 6) is 2.46. The van der Waals surface area contributed by atoms with Gasteiger partial charge in [-0.1, -0.05) is 12.1 Å². The second kappa shape index (κ2) is 5.41. The summed E-state index contributed by atoms with van der Waals surface area (Å²) in [6.07, 6.45) is 3.80. The number of hydrogen-bond acceptors (Lipinski definition) is 4. The van der Waals surface area contributed by atoms with E-state index >= 15 is 0 Å². The highest BCUT2D eigenvalue weighted by Gasteiger charge is 2.16. The third-order valence-corrected chi connectivity index (χ3v) is 6.01. The Bertz CT molecular complexity index is 615. The molecule has 1 aliphatic carbocycles. The zero-order valence-electron chi connectivity index (χ0n) is 11.5. The zero-order chi connectivity index (χ0) is 13.4. The van der Waals surface area contributed by atoms with E-state index in [0.717, 1.165) is 18.8 Å². The highest BCUT2D eigenvalue weighted by Crippen LogP contribution is 2.31. The fourth-order valence-corrected chi connectivity index (χ4v) is 4.82. The van der Waals surface area contributed by atoms with Gasteiger partial charge in [0.15, 0.2) is 5.13 Å². The molecular weight excluding hydrogens is 284 g/mol. The largest absolute Gasteiger partial charge is 0.346 e. The Morgan fingerprint density at radius 3 is 2.80 bits per heavy atom. The van der Waals surface area contributed by atoms with Crippen LogP contribution in [0.2, 0.25) is 0 Å². The highest BCUT2D eigenvalue weighted by atomic mass is 32.2. The monoisotopic (exact) mass is 302 g/mol. The van der Waals surface area contributed by atoms with Crippen molar-refractivity contribution in [3.63, 3.8) is 0 Å². The fourth-order valence-electron chi connectivity index (χ4n) is 3.03. The van der Waals surface area contributed by atoms with E-state index in [1.807, 2.05) is 11.8 Å². The molecule has 4 heteroatoms. The Morgan fingerprint density at radius 1 is 1.05 bits per heavy atom. The standard InChI is InChI=1S/C16H18N2S2/c1-2-12-4-5-14(10-13(12)3-1)15-11-20-16(17-15)18-6-8-19-9-7-18/h4-5,10-11H,1-3,6-9H2. The van der Waals surface area contributed by atoms with Crippen molar-refractivity contribution in [2.24, 2.45) is 0 Å². The van der Waals surface area contributed by atoms with Crippen LogP contribution in [-0.2, 0) is 12.8 Å². The van der Waals surface area contributed by atoms with Crippen LogP contribution in [0.4, 0.5) is 5.13 Å². The van der Waals surface area contributed by atoms with Crippen LogP contribution in [-0.4, -0.2) is 29.6 Å². The first-order valence-electron chi connectivity index (χ1n) is 7.30. The molecule has 20 heavy (non-hydrogen) atoms. The molecule has 0 radical (unpaired) electrons. The molecule has 0 amide bonds. The van der Waals surface area contributed by atoms with Gasteiger partial charge in [0.25, 0.3) is 0 Å². The van der Waals surface area contributed by atoms with Crippen molar-refractivity contribution in [3.8, 4) is 11.3 Å². The Balaban J connectivity index is 1.61. The first kappa shape index (κ1) is 12.7. The van der Waals surface area contributed by atoms with Gasteiger partial charge in [0.1, 0.15) is 0 Å². The lowest BCUT2D eigenvalue weighted by Gasteiger charge is -2.25. The number of hydrogen-bond donors (Lipinski definition) is 0. The zero-order valence-corrected chi connectivity index (χ0v) is 13.1. The van der Waals surface area contributed by atoms with E-state index in [2.05, 4.69) is 28.5 Å². The quantitative estimate of drug-likeness (QED) is 0.838. The van der Waals surface area contributed by atoms with Crippen LogP contribution in [0.15, 0.2) is 23.6 Å². The molecule has 104 valence electrons. The molecular formula is C16H18N2S2. The lowest BCUT2D eigenvalue weighted by atomic mass is 10.1. The topological polar surface area (TPSA) is 16.1 Å². The molecule has 1 aliphatic heterocycles. The van der Waals surface area contributed by atoms with E-state index in [-0.39, 0.29) is 0 Å². The molecule has 1 aromatic carbocycles. The Kier molecular flexibility index (Phi) is 3.44. The third-order valence-electron chi connectivity index (χ3n) is 4.17. The van der Waals surface area contributed by atoms with E-state index in [1.165, 1.54) is 52.6 Å². The number of thiazole rings is 1. The molecule has 0 spiro atoms. The summed E-state index contributed by atoms with van der Waals surface area (Å²) in [6, 6.07) is 6.90. The van der Waals surface area contributed by atoms with Gasteiger partial charge in [-0.25, -0.2) is 4.98 Å². The van der Waals surface area contributed by atoms with Gasteiger partial charge in [-0.15, -0.1) is 11.3 Å². The molecule has 0 saturated carbocycles. The smallest absolute Gasteiger partial charge is 0.185 e. The normalized spacial score (nSPS) is 18.3. The average molecular weight is 302 g/mol. The Labute approximate surface area is 128 Å². The van der Waals surface area contributed by atoms with Gasteiger partial charge >= 0.3 is 0 Å². The number of fused-ring (bicyclic) bond motifs is 1. The molecule has 0 unspecified atom stereocenters. The van der Waals surface area contributed by atoms with Crippen molar-refractivity contribution in [1.29, 1.82) is 0 Å². The van der Waals surface area contributed by atoms with E-state index in [4.69, 9.17) is 4.98 Å². The number of aryl methyl sites for hydroxylation is 2. The summed E-state index contributed by atoms with van der Waals surface area (Å²) in [5.41, 5.74) is 5.51. The van der Waals surface area contributed by atoms with Crippen LogP contribution >= 0.6 is 23.1 Å². The molecule has 2 nitrogen and oxygen atoms in total. The summed E-state index contributed by atoms with van der Waals surface area (Å²) in [6.45, 7) is 2.28. The third kappa shape index (κ3) is 2.35. The van der Waals surface area contributed by atoms with Crippen molar-refractivity contribution in [2.45, 2.75) is 19.3 Å². The van der Waals surface area contributed by atoms with Crippen molar-refractivity contribution >= 4 is 28.2 Å². The molecule has 1 fully saturated rings. The van der Waals surface area contributed by atoms with Crippen molar-refractivity contribution in [2.75, 3.05) is 29.5 Å². The molecule has 0 bridgehead atoms. The first-order valence-corrected chi connectivity index (χ1v) is 9.34. The minimum atomic E-state index is 1.14. The van der Waals surface area contributed by atoms with Gasteiger partial charge in [-0.05, 0) is 36.5 Å². The molecule has 2 heterocycles. The first-order chi connectivity index (χ1) is 9.90. The number of rotatable bonds is 2. The second-order valence-corrected chi connectivity index (χ2v) is 7.51. The van der Waals surface area contributed by atoms with E-state index in [9.17, 15) is 0 Å². The van der Waals surface area contributed by atoms with Crippen molar-refractivity contribution in [1.82, 2.24) is 4.98 Å². The van der Waals surface area contributed by atoms with Gasteiger partial charge in [-0.3, -0.25) is 0 Å². The number of nitrogens with zero attached hydrogens (tertiary/aromatic N) is 2. The predicted octanol–water partition coefficient (Wildman–Crippen LogP) is 3.85. The van der Waals surface area contributed by atoms with E-state index in [1.54, 1.807) is 11.3 Å². The number of thioether (sulfide) groups is 1. The average Bonchev–Trinajstić information content (AvgIpc) is 3.16. The molecule has 1 saturated heterocycles. The summed E-state index contributed by atoms with van der Waals surface area (Å²) in [5, 5.41) is 3.41. The lowest BCUT2D eigenvalue weighted by Crippen LogP contribution is -2.32. The van der Waals surface area contributed by atoms with Gasteiger partial charge < -0.3 is 4.90 Å². The van der Waals surface area contributed by atoms with Crippen molar-refractivity contribution in [3.05, 3.63) is 34.7 Å². The molecule has 1 aromatic heterocycles. The molecule has 0 N–H and O–H groups in total. The van der Waals surface area contributed by atoms with Crippen molar-refractivity contribution < 1.29 is 0 Å². The number of benzene rings is 1. The number of anilines is 1. The van der Waals surface area contributed by atoms with Crippen LogP contribution in [0.3, 0.4) is 0 Å². The number of aromatic nitrogens is 1. The summed E-state index contributed by atoms with van der Waals surface area (Å²) < 4.78 is 0. The van der Waals surface area contributed by atoms with Crippen LogP contribution in [0.5, 0.6) is 0 Å². The van der Waals surface area contributed by atoms with Crippen LogP contribution in [0.1, 0.15) is 17.5 Å². The maximum absolute atomic E-state index is 4.86. The second-order valence-electron chi connectivity index (χ2n) is 5.45. The Hall–Kier alpha value is -1.00. The van der Waals surface area contributed by atoms with Crippen LogP contribution < -0.4 is 4.90 Å². The van der Waals surface area contributed by atoms with Crippen LogP contribution in [0.25, 0.3) is 11.3 Å². The SMILES string of the molecule is c1cc2c(cc1-c1csc(N3CCSCC3)n1)CCC2. The maximum Gasteiger partial charge on any atom is 0.185 e. The molecule has 2 aromatic rings. The molecule has 0 atom stereocenters. The molecule has 4 rings (SSSR count). The van der Waals surface area contributed by atoms with Gasteiger partial charge in [-0.2, -0.15) is 11.8 Å². The minimum absolute atomic E-state index is 1.14. The lowest BCUT2D eigenvalue weighted by molar-refractivity contribution is 0.853. The maximum atomic E-state index is 4.86. The van der Waals surface area contributed by atoms with Gasteiger partial charge in [0.05, 0.1) is 5.69 Å². The van der Waals surface area contributed by atoms with Gasteiger partial charge in [0.2, 0.25) is 0 Å². The Morgan fingerprint density at radius 2 is 1.90 bits per heavy atom. The van der Waals surface area contributed by atoms with Gasteiger partial charge in [0, 0.05) is 35.5 Å². The fraction of sp³-hybridized carbons (Fsp3) is 0.438. The predicted molar refractivity (Wildman–Crippen MR) is 89.1 cm³/mol. The summed E-state index contributed by atoms with van der Waals surface area (Å²) >= 11 is 3.83.